The zero-order chi connectivity index (χ0) is 16.0. The summed E-state index contributed by atoms with van der Waals surface area (Å²) in [5.74, 6) is -0.791. The van der Waals surface area contributed by atoms with Gasteiger partial charge < -0.3 is 15.4 Å². The van der Waals surface area contributed by atoms with Crippen molar-refractivity contribution in [1.29, 1.82) is 0 Å². The number of alkyl halides is 3. The standard InChI is InChI=1S/C13H15F3N2O3/c1-8(12(20)17-7-13(14,15)16)21-11-5-3-10(4-6-11)18-9(2)19/h3-6,8H,7H2,1-2H3,(H,17,20)(H,18,19)/t8-/m1/s1. The molecule has 2 N–H and O–H groups in total. The summed E-state index contributed by atoms with van der Waals surface area (Å²) in [6.45, 7) is 1.30. The second-order valence-electron chi connectivity index (χ2n) is 4.30. The van der Waals surface area contributed by atoms with Crippen molar-refractivity contribution in [2.75, 3.05) is 11.9 Å². The van der Waals surface area contributed by atoms with E-state index in [1.165, 1.54) is 26.0 Å². The molecule has 0 saturated heterocycles. The monoisotopic (exact) mass is 304 g/mol. The third-order valence-corrected chi connectivity index (χ3v) is 2.32. The van der Waals surface area contributed by atoms with E-state index in [4.69, 9.17) is 4.74 Å². The molecule has 21 heavy (non-hydrogen) atoms. The van der Waals surface area contributed by atoms with E-state index in [0.717, 1.165) is 0 Å². The molecular weight excluding hydrogens is 289 g/mol. The summed E-state index contributed by atoms with van der Waals surface area (Å²) >= 11 is 0. The molecule has 5 nitrogen and oxygen atoms in total. The van der Waals surface area contributed by atoms with E-state index in [0.29, 0.717) is 11.4 Å². The molecule has 0 aromatic heterocycles. The summed E-state index contributed by atoms with van der Waals surface area (Å²) in [5.41, 5.74) is 0.545. The zero-order valence-corrected chi connectivity index (χ0v) is 11.5. The number of carbonyl (C=O) groups is 2. The number of nitrogens with one attached hydrogen (secondary N) is 2. The van der Waals surface area contributed by atoms with E-state index in [1.54, 1.807) is 17.4 Å². The molecule has 0 fully saturated rings. The van der Waals surface area contributed by atoms with Crippen LogP contribution in [0.4, 0.5) is 18.9 Å². The second-order valence-corrected chi connectivity index (χ2v) is 4.30. The van der Waals surface area contributed by atoms with Gasteiger partial charge in [0.25, 0.3) is 5.91 Å². The maximum atomic E-state index is 12.0. The number of hydrogen-bond donors (Lipinski definition) is 2. The van der Waals surface area contributed by atoms with Gasteiger partial charge in [-0.3, -0.25) is 9.59 Å². The molecule has 0 unspecified atom stereocenters. The number of amides is 2. The predicted octanol–water partition coefficient (Wildman–Crippen LogP) is 2.09. The summed E-state index contributed by atoms with van der Waals surface area (Å²) in [6, 6.07) is 6.10. The van der Waals surface area contributed by atoms with Crippen molar-refractivity contribution in [2.24, 2.45) is 0 Å². The number of ether oxygens (including phenoxy) is 1. The molecule has 1 atom stereocenters. The quantitative estimate of drug-likeness (QED) is 0.875. The first kappa shape index (κ1) is 16.8. The van der Waals surface area contributed by atoms with Gasteiger partial charge in [0, 0.05) is 12.6 Å². The average Bonchev–Trinajstić information content (AvgIpc) is 2.36. The molecule has 0 bridgehead atoms. The highest BCUT2D eigenvalue weighted by Crippen LogP contribution is 2.17. The molecule has 0 heterocycles. The van der Waals surface area contributed by atoms with E-state index in [2.05, 4.69) is 5.32 Å². The summed E-state index contributed by atoms with van der Waals surface area (Å²) in [4.78, 5) is 22.2. The minimum atomic E-state index is -4.46. The van der Waals surface area contributed by atoms with Gasteiger partial charge in [-0.1, -0.05) is 0 Å². The van der Waals surface area contributed by atoms with Gasteiger partial charge in [-0.15, -0.1) is 0 Å². The van der Waals surface area contributed by atoms with Crippen molar-refractivity contribution >= 4 is 17.5 Å². The van der Waals surface area contributed by atoms with Crippen LogP contribution in [0.5, 0.6) is 5.75 Å². The molecule has 0 aliphatic carbocycles. The summed E-state index contributed by atoms with van der Waals surface area (Å²) < 4.78 is 41.1. The molecule has 0 saturated carbocycles. The molecule has 1 rings (SSSR count). The fraction of sp³-hybridized carbons (Fsp3) is 0.385. The van der Waals surface area contributed by atoms with Crippen LogP contribution in [-0.2, 0) is 9.59 Å². The average molecular weight is 304 g/mol. The molecule has 0 spiro atoms. The van der Waals surface area contributed by atoms with Gasteiger partial charge in [-0.05, 0) is 31.2 Å². The normalized spacial score (nSPS) is 12.4. The third kappa shape index (κ3) is 6.64. The Morgan fingerprint density at radius 3 is 2.29 bits per heavy atom. The minimum absolute atomic E-state index is 0.233. The Balaban J connectivity index is 2.52. The lowest BCUT2D eigenvalue weighted by Gasteiger charge is -2.15. The topological polar surface area (TPSA) is 67.4 Å². The van der Waals surface area contributed by atoms with Crippen LogP contribution in [0.1, 0.15) is 13.8 Å². The van der Waals surface area contributed by atoms with Gasteiger partial charge in [-0.2, -0.15) is 13.2 Å². The van der Waals surface area contributed by atoms with Crippen LogP contribution in [0.15, 0.2) is 24.3 Å². The van der Waals surface area contributed by atoms with Crippen LogP contribution in [-0.4, -0.2) is 30.6 Å². The maximum absolute atomic E-state index is 12.0. The van der Waals surface area contributed by atoms with Crippen molar-refractivity contribution in [3.8, 4) is 5.75 Å². The van der Waals surface area contributed by atoms with Gasteiger partial charge in [0.15, 0.2) is 6.10 Å². The fourth-order valence-electron chi connectivity index (χ4n) is 1.41. The molecule has 0 aliphatic heterocycles. The Kier molecular flexibility index (Phi) is 5.57. The molecule has 2 amide bonds. The van der Waals surface area contributed by atoms with Gasteiger partial charge in [-0.25, -0.2) is 0 Å². The Labute approximate surface area is 119 Å². The number of hydrogen-bond acceptors (Lipinski definition) is 3. The van der Waals surface area contributed by atoms with Crippen molar-refractivity contribution in [2.45, 2.75) is 26.1 Å². The highest BCUT2D eigenvalue weighted by atomic mass is 19.4. The summed E-state index contributed by atoms with van der Waals surface area (Å²) in [6.07, 6.45) is -5.53. The lowest BCUT2D eigenvalue weighted by Crippen LogP contribution is -2.41. The number of halogens is 3. The predicted molar refractivity (Wildman–Crippen MR) is 69.9 cm³/mol. The van der Waals surface area contributed by atoms with Gasteiger partial charge in [0.2, 0.25) is 5.91 Å². The van der Waals surface area contributed by atoms with Gasteiger partial charge >= 0.3 is 6.18 Å². The van der Waals surface area contributed by atoms with Crippen molar-refractivity contribution in [1.82, 2.24) is 5.32 Å². The van der Waals surface area contributed by atoms with Gasteiger partial charge in [0.1, 0.15) is 12.3 Å². The lowest BCUT2D eigenvalue weighted by atomic mass is 10.3. The Morgan fingerprint density at radius 2 is 1.81 bits per heavy atom. The van der Waals surface area contributed by atoms with Crippen LogP contribution in [0.25, 0.3) is 0 Å². The van der Waals surface area contributed by atoms with Crippen molar-refractivity contribution < 1.29 is 27.5 Å². The van der Waals surface area contributed by atoms with E-state index < -0.39 is 24.7 Å². The largest absolute Gasteiger partial charge is 0.481 e. The molecule has 0 aliphatic rings. The van der Waals surface area contributed by atoms with E-state index >= 15 is 0 Å². The first-order chi connectivity index (χ1) is 9.67. The first-order valence-corrected chi connectivity index (χ1v) is 6.06. The van der Waals surface area contributed by atoms with Crippen LogP contribution in [0.3, 0.4) is 0 Å². The molecule has 0 radical (unpaired) electrons. The van der Waals surface area contributed by atoms with Gasteiger partial charge in [0.05, 0.1) is 0 Å². The maximum Gasteiger partial charge on any atom is 0.405 e. The molecular formula is C13H15F3N2O3. The smallest absolute Gasteiger partial charge is 0.405 e. The van der Waals surface area contributed by atoms with Crippen molar-refractivity contribution in [3.63, 3.8) is 0 Å². The van der Waals surface area contributed by atoms with Crippen LogP contribution >= 0.6 is 0 Å². The zero-order valence-electron chi connectivity index (χ0n) is 11.5. The van der Waals surface area contributed by atoms with E-state index in [-0.39, 0.29) is 5.91 Å². The number of carbonyl (C=O) groups excluding carboxylic acids is 2. The molecule has 1 aromatic rings. The number of anilines is 1. The highest BCUT2D eigenvalue weighted by molar-refractivity contribution is 5.88. The van der Waals surface area contributed by atoms with Crippen LogP contribution < -0.4 is 15.4 Å². The summed E-state index contributed by atoms with van der Waals surface area (Å²) in [7, 11) is 0. The lowest BCUT2D eigenvalue weighted by molar-refractivity contribution is -0.142. The summed E-state index contributed by atoms with van der Waals surface area (Å²) in [5, 5.41) is 4.28. The number of rotatable bonds is 5. The SMILES string of the molecule is CC(=O)Nc1ccc(O[C@H](C)C(=O)NCC(F)(F)F)cc1. The highest BCUT2D eigenvalue weighted by Gasteiger charge is 2.29. The number of benzene rings is 1. The minimum Gasteiger partial charge on any atom is -0.481 e. The fourth-order valence-corrected chi connectivity index (χ4v) is 1.41. The van der Waals surface area contributed by atoms with E-state index in [1.807, 2.05) is 0 Å². The Bertz CT molecular complexity index is 500. The molecule has 1 aromatic carbocycles. The molecule has 8 heteroatoms. The third-order valence-electron chi connectivity index (χ3n) is 2.32. The molecule has 116 valence electrons. The van der Waals surface area contributed by atoms with Crippen molar-refractivity contribution in [3.05, 3.63) is 24.3 Å². The van der Waals surface area contributed by atoms with E-state index in [9.17, 15) is 22.8 Å². The second kappa shape index (κ2) is 6.96. The Morgan fingerprint density at radius 1 is 1.24 bits per heavy atom. The van der Waals surface area contributed by atoms with Crippen LogP contribution in [0.2, 0.25) is 0 Å². The first-order valence-electron chi connectivity index (χ1n) is 6.06. The Hall–Kier alpha value is -2.25. The van der Waals surface area contributed by atoms with Crippen LogP contribution in [0, 0.1) is 0 Å².